The molecule has 0 radical (unpaired) electrons. The minimum absolute atomic E-state index is 0.213. The van der Waals surface area contributed by atoms with Crippen LogP contribution in [0.1, 0.15) is 18.7 Å². The summed E-state index contributed by atoms with van der Waals surface area (Å²) in [6.07, 6.45) is 2.66. The summed E-state index contributed by atoms with van der Waals surface area (Å²) >= 11 is 0. The molecule has 0 amide bonds. The summed E-state index contributed by atoms with van der Waals surface area (Å²) in [4.78, 5) is 14.9. The average Bonchev–Trinajstić information content (AvgIpc) is 2.84. The Morgan fingerprint density at radius 2 is 2.14 bits per heavy atom. The first-order chi connectivity index (χ1) is 9.88. The molecule has 1 aliphatic rings. The standard InChI is InChI=1S/C11H19N5O4S/c1-15-8-12-10(14-15)2-5-13-21(19,20)16-6-3-9(4-7-16)11(17)18/h8-9,13H,2-7H2,1H3,(H,17,18). The highest BCUT2D eigenvalue weighted by molar-refractivity contribution is 7.87. The molecule has 1 saturated heterocycles. The van der Waals surface area contributed by atoms with Crippen LogP contribution in [0.4, 0.5) is 0 Å². The molecule has 0 unspecified atom stereocenters. The fourth-order valence-corrected chi connectivity index (χ4v) is 3.46. The molecule has 1 aromatic heterocycles. The molecule has 0 aromatic carbocycles. The summed E-state index contributed by atoms with van der Waals surface area (Å²) in [7, 11) is -1.82. The zero-order valence-electron chi connectivity index (χ0n) is 11.8. The van der Waals surface area contributed by atoms with Gasteiger partial charge in [-0.3, -0.25) is 9.48 Å². The van der Waals surface area contributed by atoms with Crippen molar-refractivity contribution in [3.63, 3.8) is 0 Å². The zero-order chi connectivity index (χ0) is 15.5. The summed E-state index contributed by atoms with van der Waals surface area (Å²) in [5, 5.41) is 13.0. The lowest BCUT2D eigenvalue weighted by Gasteiger charge is -2.29. The molecule has 21 heavy (non-hydrogen) atoms. The third-order valence-corrected chi connectivity index (χ3v) is 5.04. The maximum Gasteiger partial charge on any atom is 0.306 e. The quantitative estimate of drug-likeness (QED) is 0.694. The third kappa shape index (κ3) is 4.22. The number of carboxylic acid groups (broad SMARTS) is 1. The van der Waals surface area contributed by atoms with Crippen LogP contribution in [-0.2, 0) is 28.5 Å². The number of nitrogens with zero attached hydrogens (tertiary/aromatic N) is 4. The third-order valence-electron chi connectivity index (χ3n) is 3.42. The molecule has 2 N–H and O–H groups in total. The molecule has 1 aromatic rings. The van der Waals surface area contributed by atoms with Crippen molar-refractivity contribution in [2.24, 2.45) is 13.0 Å². The second-order valence-corrected chi connectivity index (χ2v) is 6.75. The van der Waals surface area contributed by atoms with Crippen LogP contribution < -0.4 is 4.72 Å². The minimum atomic E-state index is -3.57. The van der Waals surface area contributed by atoms with Crippen LogP contribution in [0, 0.1) is 5.92 Å². The van der Waals surface area contributed by atoms with Crippen molar-refractivity contribution in [3.8, 4) is 0 Å². The fourth-order valence-electron chi connectivity index (χ4n) is 2.22. The van der Waals surface area contributed by atoms with Crippen molar-refractivity contribution in [3.05, 3.63) is 12.2 Å². The van der Waals surface area contributed by atoms with E-state index in [9.17, 15) is 13.2 Å². The highest BCUT2D eigenvalue weighted by Gasteiger charge is 2.30. The predicted octanol–water partition coefficient (Wildman–Crippen LogP) is -1.01. The molecule has 9 nitrogen and oxygen atoms in total. The van der Waals surface area contributed by atoms with Crippen LogP contribution in [0.25, 0.3) is 0 Å². The molecule has 1 fully saturated rings. The molecule has 0 spiro atoms. The van der Waals surface area contributed by atoms with Crippen molar-refractivity contribution in [2.45, 2.75) is 19.3 Å². The van der Waals surface area contributed by atoms with Gasteiger partial charge in [-0.05, 0) is 12.8 Å². The topological polar surface area (TPSA) is 117 Å². The molecule has 2 rings (SSSR count). The Labute approximate surface area is 123 Å². The molecule has 118 valence electrons. The Hall–Kier alpha value is -1.52. The maximum atomic E-state index is 12.1. The lowest BCUT2D eigenvalue weighted by atomic mass is 9.99. The number of piperidine rings is 1. The lowest BCUT2D eigenvalue weighted by molar-refractivity contribution is -0.142. The number of carboxylic acids is 1. The minimum Gasteiger partial charge on any atom is -0.481 e. The normalized spacial score (nSPS) is 18.0. The Balaban J connectivity index is 1.81. The second-order valence-electron chi connectivity index (χ2n) is 5.00. The molecule has 0 saturated carbocycles. The van der Waals surface area contributed by atoms with Crippen molar-refractivity contribution < 1.29 is 18.3 Å². The van der Waals surface area contributed by atoms with E-state index >= 15 is 0 Å². The summed E-state index contributed by atoms with van der Waals surface area (Å²) in [6, 6.07) is 0. The molecule has 0 bridgehead atoms. The van der Waals surface area contributed by atoms with E-state index in [0.717, 1.165) is 0 Å². The zero-order valence-corrected chi connectivity index (χ0v) is 12.6. The van der Waals surface area contributed by atoms with Gasteiger partial charge in [-0.1, -0.05) is 0 Å². The van der Waals surface area contributed by atoms with E-state index in [0.29, 0.717) is 25.1 Å². The number of nitrogens with one attached hydrogen (secondary N) is 1. The van der Waals surface area contributed by atoms with Gasteiger partial charge in [0, 0.05) is 33.1 Å². The number of aromatic nitrogens is 3. The number of carbonyl (C=O) groups is 1. The molecule has 0 atom stereocenters. The van der Waals surface area contributed by atoms with Gasteiger partial charge in [0.25, 0.3) is 10.2 Å². The van der Waals surface area contributed by atoms with E-state index in [2.05, 4.69) is 14.8 Å². The Kier molecular flexibility index (Phi) is 4.91. The smallest absolute Gasteiger partial charge is 0.306 e. The Bertz CT molecular complexity index is 592. The number of hydrogen-bond acceptors (Lipinski definition) is 5. The summed E-state index contributed by atoms with van der Waals surface area (Å²) in [5.41, 5.74) is 0. The molecular formula is C11H19N5O4S. The first-order valence-electron chi connectivity index (χ1n) is 6.70. The van der Waals surface area contributed by atoms with Gasteiger partial charge < -0.3 is 5.11 Å². The van der Waals surface area contributed by atoms with E-state index in [1.165, 1.54) is 4.31 Å². The van der Waals surface area contributed by atoms with Gasteiger partial charge in [-0.15, -0.1) is 0 Å². The van der Waals surface area contributed by atoms with Crippen molar-refractivity contribution in [1.82, 2.24) is 23.8 Å². The molecule has 2 heterocycles. The van der Waals surface area contributed by atoms with Crippen molar-refractivity contribution in [2.75, 3.05) is 19.6 Å². The molecule has 1 aliphatic heterocycles. The predicted molar refractivity (Wildman–Crippen MR) is 73.6 cm³/mol. The summed E-state index contributed by atoms with van der Waals surface area (Å²) in [6.45, 7) is 0.674. The maximum absolute atomic E-state index is 12.1. The largest absolute Gasteiger partial charge is 0.481 e. The number of hydrogen-bond donors (Lipinski definition) is 2. The molecule has 10 heteroatoms. The van der Waals surface area contributed by atoms with Crippen LogP contribution in [0.2, 0.25) is 0 Å². The van der Waals surface area contributed by atoms with Crippen LogP contribution in [0.5, 0.6) is 0 Å². The van der Waals surface area contributed by atoms with Gasteiger partial charge in [0.15, 0.2) is 5.82 Å². The van der Waals surface area contributed by atoms with Crippen molar-refractivity contribution in [1.29, 1.82) is 0 Å². The Morgan fingerprint density at radius 3 is 2.67 bits per heavy atom. The van der Waals surface area contributed by atoms with E-state index in [-0.39, 0.29) is 19.6 Å². The molecular weight excluding hydrogens is 298 g/mol. The fraction of sp³-hybridized carbons (Fsp3) is 0.727. The van der Waals surface area contributed by atoms with Gasteiger partial charge in [0.2, 0.25) is 0 Å². The highest BCUT2D eigenvalue weighted by atomic mass is 32.2. The van der Waals surface area contributed by atoms with Crippen LogP contribution in [0.15, 0.2) is 6.33 Å². The van der Waals surface area contributed by atoms with Crippen LogP contribution >= 0.6 is 0 Å². The number of aryl methyl sites for hydroxylation is 1. The monoisotopic (exact) mass is 317 g/mol. The van der Waals surface area contributed by atoms with Crippen molar-refractivity contribution >= 4 is 16.2 Å². The Morgan fingerprint density at radius 1 is 1.48 bits per heavy atom. The summed E-state index contributed by atoms with van der Waals surface area (Å²) < 4.78 is 29.5. The van der Waals surface area contributed by atoms with E-state index < -0.39 is 22.1 Å². The van der Waals surface area contributed by atoms with E-state index in [4.69, 9.17) is 5.11 Å². The van der Waals surface area contributed by atoms with Crippen LogP contribution in [0.3, 0.4) is 0 Å². The lowest BCUT2D eigenvalue weighted by Crippen LogP contribution is -2.46. The first kappa shape index (κ1) is 15.9. The number of rotatable bonds is 6. The first-order valence-corrected chi connectivity index (χ1v) is 8.14. The molecule has 0 aliphatic carbocycles. The summed E-state index contributed by atoms with van der Waals surface area (Å²) in [5.74, 6) is -0.736. The second kappa shape index (κ2) is 6.50. The van der Waals surface area contributed by atoms with Gasteiger partial charge >= 0.3 is 5.97 Å². The van der Waals surface area contributed by atoms with Gasteiger partial charge in [-0.2, -0.15) is 17.8 Å². The van der Waals surface area contributed by atoms with Gasteiger partial charge in [0.1, 0.15) is 6.33 Å². The van der Waals surface area contributed by atoms with Gasteiger partial charge in [-0.25, -0.2) is 9.71 Å². The van der Waals surface area contributed by atoms with E-state index in [1.807, 2.05) is 0 Å². The average molecular weight is 317 g/mol. The van der Waals surface area contributed by atoms with E-state index in [1.54, 1.807) is 18.1 Å². The highest BCUT2D eigenvalue weighted by Crippen LogP contribution is 2.18. The SMILES string of the molecule is Cn1cnc(CCNS(=O)(=O)N2CCC(C(=O)O)CC2)n1. The van der Waals surface area contributed by atoms with Crippen LogP contribution in [-0.4, -0.2) is 58.2 Å². The van der Waals surface area contributed by atoms with Gasteiger partial charge in [0.05, 0.1) is 5.92 Å². The number of aliphatic carboxylic acids is 1.